The highest BCUT2D eigenvalue weighted by molar-refractivity contribution is 5.98. The molecule has 0 bridgehead atoms. The number of hydrogen-bond donors (Lipinski definition) is 1. The Morgan fingerprint density at radius 2 is 1.90 bits per heavy atom. The van der Waals surface area contributed by atoms with Crippen molar-refractivity contribution in [2.24, 2.45) is 0 Å². The maximum atomic E-state index is 13.4. The van der Waals surface area contributed by atoms with Crippen LogP contribution in [0.5, 0.6) is 0 Å². The molecule has 30 heavy (non-hydrogen) atoms. The number of para-hydroxylation sites is 1. The SMILES string of the molecule is CCN(C(=O)c1cc2ccccc2[nH]1)[C@H]1CCC[C@H](N2CCc3ccccc3C2)C1. The van der Waals surface area contributed by atoms with Crippen molar-refractivity contribution in [3.8, 4) is 0 Å². The number of aromatic amines is 1. The summed E-state index contributed by atoms with van der Waals surface area (Å²) in [6, 6.07) is 19.9. The lowest BCUT2D eigenvalue weighted by atomic mass is 9.87. The first-order chi connectivity index (χ1) is 14.7. The normalized spacial score (nSPS) is 22.0. The van der Waals surface area contributed by atoms with E-state index in [1.54, 1.807) is 0 Å². The Morgan fingerprint density at radius 3 is 2.73 bits per heavy atom. The van der Waals surface area contributed by atoms with E-state index in [0.717, 1.165) is 49.8 Å². The molecule has 156 valence electrons. The number of hydrogen-bond acceptors (Lipinski definition) is 2. The summed E-state index contributed by atoms with van der Waals surface area (Å²) in [6.07, 6.45) is 5.78. The maximum absolute atomic E-state index is 13.4. The fourth-order valence-corrected chi connectivity index (χ4v) is 5.49. The van der Waals surface area contributed by atoms with Crippen molar-refractivity contribution in [1.29, 1.82) is 0 Å². The van der Waals surface area contributed by atoms with Gasteiger partial charge in [-0.3, -0.25) is 9.69 Å². The number of aromatic nitrogens is 1. The zero-order valence-corrected chi connectivity index (χ0v) is 17.8. The smallest absolute Gasteiger partial charge is 0.270 e. The Balaban J connectivity index is 1.31. The first kappa shape index (κ1) is 19.4. The highest BCUT2D eigenvalue weighted by atomic mass is 16.2. The monoisotopic (exact) mass is 401 g/mol. The van der Waals surface area contributed by atoms with Gasteiger partial charge in [0.1, 0.15) is 5.69 Å². The Kier molecular flexibility index (Phi) is 5.34. The highest BCUT2D eigenvalue weighted by Crippen LogP contribution is 2.31. The van der Waals surface area contributed by atoms with E-state index in [-0.39, 0.29) is 5.91 Å². The molecule has 1 amide bonds. The van der Waals surface area contributed by atoms with Crippen LogP contribution in [-0.4, -0.2) is 45.9 Å². The van der Waals surface area contributed by atoms with Gasteiger partial charge in [-0.1, -0.05) is 42.5 Å². The summed E-state index contributed by atoms with van der Waals surface area (Å²) in [5, 5.41) is 1.10. The molecular formula is C26H31N3O. The Bertz CT molecular complexity index is 1010. The number of rotatable bonds is 4. The average molecular weight is 402 g/mol. The number of H-pyrrole nitrogens is 1. The van der Waals surface area contributed by atoms with Gasteiger partial charge in [-0.25, -0.2) is 0 Å². The van der Waals surface area contributed by atoms with Crippen molar-refractivity contribution in [3.63, 3.8) is 0 Å². The number of carbonyl (C=O) groups is 1. The molecular weight excluding hydrogens is 370 g/mol. The number of benzene rings is 2. The molecule has 2 heterocycles. The third-order valence-electron chi connectivity index (χ3n) is 7.10. The van der Waals surface area contributed by atoms with E-state index >= 15 is 0 Å². The summed E-state index contributed by atoms with van der Waals surface area (Å²) in [5.41, 5.74) is 4.73. The Hall–Kier alpha value is -2.59. The summed E-state index contributed by atoms with van der Waals surface area (Å²) in [6.45, 7) is 5.06. The van der Waals surface area contributed by atoms with Crippen LogP contribution < -0.4 is 0 Å². The summed E-state index contributed by atoms with van der Waals surface area (Å²) < 4.78 is 0. The van der Waals surface area contributed by atoms with E-state index in [9.17, 15) is 4.79 Å². The molecule has 2 aliphatic rings. The Morgan fingerprint density at radius 1 is 1.10 bits per heavy atom. The van der Waals surface area contributed by atoms with Gasteiger partial charge in [-0.2, -0.15) is 0 Å². The van der Waals surface area contributed by atoms with E-state index in [1.807, 2.05) is 24.3 Å². The largest absolute Gasteiger partial charge is 0.351 e. The second kappa shape index (κ2) is 8.27. The maximum Gasteiger partial charge on any atom is 0.270 e. The van der Waals surface area contributed by atoms with Gasteiger partial charge < -0.3 is 9.88 Å². The molecule has 5 rings (SSSR count). The van der Waals surface area contributed by atoms with Crippen LogP contribution in [0.1, 0.15) is 54.2 Å². The lowest BCUT2D eigenvalue weighted by Gasteiger charge is -2.43. The molecule has 3 aromatic rings. The van der Waals surface area contributed by atoms with Crippen LogP contribution in [-0.2, 0) is 13.0 Å². The second-order valence-corrected chi connectivity index (χ2v) is 8.82. The van der Waals surface area contributed by atoms with E-state index in [2.05, 4.69) is 52.0 Å². The van der Waals surface area contributed by atoms with Gasteiger partial charge in [0.05, 0.1) is 0 Å². The second-order valence-electron chi connectivity index (χ2n) is 8.82. The minimum absolute atomic E-state index is 0.142. The molecule has 0 radical (unpaired) electrons. The zero-order chi connectivity index (χ0) is 20.5. The molecule has 0 spiro atoms. The van der Waals surface area contributed by atoms with Crippen LogP contribution in [0, 0.1) is 0 Å². The van der Waals surface area contributed by atoms with Gasteiger partial charge in [0.25, 0.3) is 5.91 Å². The van der Waals surface area contributed by atoms with Crippen LogP contribution >= 0.6 is 0 Å². The van der Waals surface area contributed by atoms with Crippen molar-refractivity contribution in [2.75, 3.05) is 13.1 Å². The van der Waals surface area contributed by atoms with E-state index in [0.29, 0.717) is 17.8 Å². The highest BCUT2D eigenvalue weighted by Gasteiger charge is 2.33. The molecule has 2 aromatic carbocycles. The third kappa shape index (κ3) is 3.65. The number of carbonyl (C=O) groups excluding carboxylic acids is 1. The molecule has 1 aromatic heterocycles. The lowest BCUT2D eigenvalue weighted by molar-refractivity contribution is 0.0516. The van der Waals surface area contributed by atoms with Crippen molar-refractivity contribution < 1.29 is 4.79 Å². The zero-order valence-electron chi connectivity index (χ0n) is 17.8. The van der Waals surface area contributed by atoms with Crippen molar-refractivity contribution in [1.82, 2.24) is 14.8 Å². The molecule has 4 nitrogen and oxygen atoms in total. The predicted octanol–water partition coefficient (Wildman–Crippen LogP) is 5.00. The summed E-state index contributed by atoms with van der Waals surface area (Å²) in [4.78, 5) is 21.5. The number of amides is 1. The van der Waals surface area contributed by atoms with Gasteiger partial charge in [0.2, 0.25) is 0 Å². The molecule has 1 aliphatic carbocycles. The average Bonchev–Trinajstić information content (AvgIpc) is 3.24. The lowest BCUT2D eigenvalue weighted by Crippen LogP contribution is -2.49. The number of fused-ring (bicyclic) bond motifs is 2. The van der Waals surface area contributed by atoms with Gasteiger partial charge in [-0.05, 0) is 62.3 Å². The molecule has 1 fully saturated rings. The van der Waals surface area contributed by atoms with Crippen molar-refractivity contribution in [3.05, 3.63) is 71.4 Å². The van der Waals surface area contributed by atoms with Gasteiger partial charge in [-0.15, -0.1) is 0 Å². The van der Waals surface area contributed by atoms with E-state index < -0.39 is 0 Å². The fourth-order valence-electron chi connectivity index (χ4n) is 5.49. The quantitative estimate of drug-likeness (QED) is 0.668. The molecule has 0 unspecified atom stereocenters. The van der Waals surface area contributed by atoms with Crippen molar-refractivity contribution >= 4 is 16.8 Å². The molecule has 1 N–H and O–H groups in total. The summed E-state index contributed by atoms with van der Waals surface area (Å²) in [5.74, 6) is 0.142. The van der Waals surface area contributed by atoms with Gasteiger partial charge in [0, 0.05) is 42.6 Å². The first-order valence-electron chi connectivity index (χ1n) is 11.4. The fraction of sp³-hybridized carbons (Fsp3) is 0.423. The van der Waals surface area contributed by atoms with Crippen LogP contribution in [0.4, 0.5) is 0 Å². The molecule has 1 aliphatic heterocycles. The molecule has 1 saturated carbocycles. The van der Waals surface area contributed by atoms with Gasteiger partial charge >= 0.3 is 0 Å². The number of nitrogens with zero attached hydrogens (tertiary/aromatic N) is 2. The Labute approximate surface area is 178 Å². The molecule has 2 atom stereocenters. The van der Waals surface area contributed by atoms with Gasteiger partial charge in [0.15, 0.2) is 0 Å². The van der Waals surface area contributed by atoms with Crippen LogP contribution in [0.3, 0.4) is 0 Å². The topological polar surface area (TPSA) is 39.3 Å². The summed E-state index contributed by atoms with van der Waals surface area (Å²) in [7, 11) is 0. The van der Waals surface area contributed by atoms with Crippen molar-refractivity contribution in [2.45, 2.75) is 57.7 Å². The van der Waals surface area contributed by atoms with E-state index in [4.69, 9.17) is 0 Å². The van der Waals surface area contributed by atoms with Crippen LogP contribution in [0.15, 0.2) is 54.6 Å². The summed E-state index contributed by atoms with van der Waals surface area (Å²) >= 11 is 0. The molecule has 0 saturated heterocycles. The first-order valence-corrected chi connectivity index (χ1v) is 11.4. The van der Waals surface area contributed by atoms with Crippen LogP contribution in [0.25, 0.3) is 10.9 Å². The standard InChI is InChI=1S/C26H31N3O/c1-2-29(26(30)25-16-20-9-5-6-13-24(20)27-25)23-12-7-11-22(17-23)28-15-14-19-8-3-4-10-21(19)18-28/h3-6,8-10,13,16,22-23,27H,2,7,11-12,14-15,17-18H2,1H3/t22-,23-/m0/s1. The predicted molar refractivity (Wildman–Crippen MR) is 122 cm³/mol. The minimum Gasteiger partial charge on any atom is -0.351 e. The van der Waals surface area contributed by atoms with Crippen LogP contribution in [0.2, 0.25) is 0 Å². The third-order valence-corrected chi connectivity index (χ3v) is 7.10. The minimum atomic E-state index is 0.142. The molecule has 4 heteroatoms. The van der Waals surface area contributed by atoms with E-state index in [1.165, 1.54) is 24.0 Å². The number of nitrogens with one attached hydrogen (secondary N) is 1.